The van der Waals surface area contributed by atoms with Crippen LogP contribution in [0.3, 0.4) is 0 Å². The Morgan fingerprint density at radius 1 is 0.854 bits per heavy atom. The van der Waals surface area contributed by atoms with Crippen LogP contribution < -0.4 is 4.74 Å². The lowest BCUT2D eigenvalue weighted by molar-refractivity contribution is 0.0275. The number of halogens is 1. The van der Waals surface area contributed by atoms with Crippen LogP contribution in [-0.4, -0.2) is 85.5 Å². The zero-order chi connectivity index (χ0) is 29.4. The second-order valence-electron chi connectivity index (χ2n) is 11.3. The first-order chi connectivity index (χ1) is 19.4. The van der Waals surface area contributed by atoms with Crippen molar-refractivity contribution in [2.75, 3.05) is 39.3 Å². The Morgan fingerprint density at radius 3 is 2.20 bits per heavy atom. The van der Waals surface area contributed by atoms with Crippen molar-refractivity contribution < 1.29 is 27.5 Å². The lowest BCUT2D eigenvalue weighted by atomic mass is 10.1. The molecule has 5 rings (SSSR count). The van der Waals surface area contributed by atoms with Crippen LogP contribution in [0.5, 0.6) is 5.75 Å². The van der Waals surface area contributed by atoms with Crippen LogP contribution in [0.15, 0.2) is 65.6 Å². The summed E-state index contributed by atoms with van der Waals surface area (Å²) in [7, 11) is -3.70. The molecular weight excluding hydrogens is 566 g/mol. The van der Waals surface area contributed by atoms with E-state index < -0.39 is 15.6 Å². The minimum atomic E-state index is -3.70. The summed E-state index contributed by atoms with van der Waals surface area (Å²) < 4.78 is 39.5. The highest BCUT2D eigenvalue weighted by molar-refractivity contribution is 7.89. The van der Waals surface area contributed by atoms with E-state index >= 15 is 0 Å². The van der Waals surface area contributed by atoms with Crippen molar-refractivity contribution in [2.24, 2.45) is 0 Å². The van der Waals surface area contributed by atoms with Crippen LogP contribution in [0.25, 0.3) is 10.8 Å². The fourth-order valence-electron chi connectivity index (χ4n) is 5.00. The normalized spacial score (nSPS) is 18.5. The first kappa shape index (κ1) is 29.2. The number of ether oxygens (including phenoxy) is 2. The SMILES string of the molecule is CC(C)(C)OC(=O)N1CC[C@H](Oc2ccc(C(=O)N3CCN(S(=O)(=O)c4ccc5cc(Cl)ccc5c4)CC3)cc2)C1. The number of fused-ring (bicyclic) bond motifs is 1. The van der Waals surface area contributed by atoms with E-state index in [0.29, 0.717) is 48.9 Å². The minimum absolute atomic E-state index is 0.153. The minimum Gasteiger partial charge on any atom is -0.489 e. The highest BCUT2D eigenvalue weighted by atomic mass is 35.5. The molecule has 3 aromatic carbocycles. The third-order valence-corrected chi connectivity index (χ3v) is 9.27. The number of rotatable bonds is 5. The lowest BCUT2D eigenvalue weighted by Gasteiger charge is -2.34. The molecule has 0 spiro atoms. The van der Waals surface area contributed by atoms with Crippen LogP contribution in [0.2, 0.25) is 5.02 Å². The Kier molecular flexibility index (Phi) is 8.18. The molecule has 0 radical (unpaired) electrons. The Morgan fingerprint density at radius 2 is 1.51 bits per heavy atom. The van der Waals surface area contributed by atoms with Crippen molar-refractivity contribution in [1.29, 1.82) is 0 Å². The number of piperazine rings is 1. The van der Waals surface area contributed by atoms with Gasteiger partial charge in [0.2, 0.25) is 10.0 Å². The van der Waals surface area contributed by atoms with Crippen LogP contribution in [0.1, 0.15) is 37.6 Å². The average molecular weight is 600 g/mol. The molecule has 0 N–H and O–H groups in total. The van der Waals surface area contributed by atoms with Gasteiger partial charge in [-0.2, -0.15) is 4.31 Å². The second-order valence-corrected chi connectivity index (χ2v) is 13.7. The lowest BCUT2D eigenvalue weighted by Crippen LogP contribution is -2.50. The molecule has 11 heteroatoms. The van der Waals surface area contributed by atoms with Gasteiger partial charge in [0.15, 0.2) is 0 Å². The van der Waals surface area contributed by atoms with E-state index in [4.69, 9.17) is 21.1 Å². The average Bonchev–Trinajstić information content (AvgIpc) is 3.40. The highest BCUT2D eigenvalue weighted by Crippen LogP contribution is 2.26. The van der Waals surface area contributed by atoms with E-state index in [1.54, 1.807) is 70.5 Å². The quantitative estimate of drug-likeness (QED) is 0.408. The van der Waals surface area contributed by atoms with Gasteiger partial charge in [0.25, 0.3) is 5.91 Å². The predicted molar refractivity (Wildman–Crippen MR) is 157 cm³/mol. The molecule has 218 valence electrons. The van der Waals surface area contributed by atoms with Crippen molar-refractivity contribution in [3.05, 3.63) is 71.2 Å². The van der Waals surface area contributed by atoms with Crippen LogP contribution in [0.4, 0.5) is 4.79 Å². The maximum Gasteiger partial charge on any atom is 0.410 e. The van der Waals surface area contributed by atoms with Gasteiger partial charge in [-0.3, -0.25) is 4.79 Å². The largest absolute Gasteiger partial charge is 0.489 e. The molecule has 41 heavy (non-hydrogen) atoms. The molecule has 2 aliphatic rings. The number of carbonyl (C=O) groups is 2. The van der Waals surface area contributed by atoms with Gasteiger partial charge in [0, 0.05) is 49.7 Å². The van der Waals surface area contributed by atoms with E-state index in [-0.39, 0.29) is 36.1 Å². The van der Waals surface area contributed by atoms with E-state index in [1.807, 2.05) is 20.8 Å². The number of hydrogen-bond acceptors (Lipinski definition) is 6. The zero-order valence-electron chi connectivity index (χ0n) is 23.4. The Hall–Kier alpha value is -3.34. The molecule has 2 saturated heterocycles. The molecule has 2 heterocycles. The van der Waals surface area contributed by atoms with Gasteiger partial charge >= 0.3 is 6.09 Å². The first-order valence-corrected chi connectivity index (χ1v) is 15.4. The number of nitrogens with zero attached hydrogens (tertiary/aromatic N) is 3. The molecule has 0 aromatic heterocycles. The smallest absolute Gasteiger partial charge is 0.410 e. The Labute approximate surface area is 245 Å². The molecule has 0 aliphatic carbocycles. The molecule has 0 bridgehead atoms. The van der Waals surface area contributed by atoms with Gasteiger partial charge < -0.3 is 19.3 Å². The van der Waals surface area contributed by atoms with Crippen LogP contribution >= 0.6 is 11.6 Å². The highest BCUT2D eigenvalue weighted by Gasteiger charge is 2.32. The molecule has 2 fully saturated rings. The van der Waals surface area contributed by atoms with Crippen molar-refractivity contribution in [3.63, 3.8) is 0 Å². The van der Waals surface area contributed by atoms with Gasteiger partial charge in [-0.15, -0.1) is 0 Å². The molecule has 1 atom stereocenters. The zero-order valence-corrected chi connectivity index (χ0v) is 25.0. The fourth-order valence-corrected chi connectivity index (χ4v) is 6.64. The number of sulfonamides is 1. The molecule has 3 aromatic rings. The molecule has 0 saturated carbocycles. The summed E-state index contributed by atoms with van der Waals surface area (Å²) in [4.78, 5) is 29.0. The number of carbonyl (C=O) groups excluding carboxylic acids is 2. The van der Waals surface area contributed by atoms with Crippen molar-refractivity contribution in [3.8, 4) is 5.75 Å². The second kappa shape index (κ2) is 11.5. The van der Waals surface area contributed by atoms with Crippen molar-refractivity contribution in [2.45, 2.75) is 43.8 Å². The fraction of sp³-hybridized carbons (Fsp3) is 0.400. The number of amides is 2. The van der Waals surface area contributed by atoms with Gasteiger partial charge in [-0.05, 0) is 80.1 Å². The molecule has 9 nitrogen and oxygen atoms in total. The summed E-state index contributed by atoms with van der Waals surface area (Å²) in [5.41, 5.74) is -0.0461. The third-order valence-electron chi connectivity index (χ3n) is 7.14. The predicted octanol–water partition coefficient (Wildman–Crippen LogP) is 5.03. The molecular formula is C30H34ClN3O6S. The molecule has 2 amide bonds. The maximum atomic E-state index is 13.3. The van der Waals surface area contributed by atoms with Gasteiger partial charge in [-0.1, -0.05) is 23.7 Å². The summed E-state index contributed by atoms with van der Waals surface area (Å²) in [6, 6.07) is 17.3. The van der Waals surface area contributed by atoms with Gasteiger partial charge in [0.1, 0.15) is 17.5 Å². The summed E-state index contributed by atoms with van der Waals surface area (Å²) >= 11 is 6.05. The summed E-state index contributed by atoms with van der Waals surface area (Å²) in [6.45, 7) is 7.52. The van der Waals surface area contributed by atoms with Crippen LogP contribution in [-0.2, 0) is 14.8 Å². The third kappa shape index (κ3) is 6.77. The van der Waals surface area contributed by atoms with E-state index in [9.17, 15) is 18.0 Å². The summed E-state index contributed by atoms with van der Waals surface area (Å²) in [5, 5.41) is 2.26. The van der Waals surface area contributed by atoms with E-state index in [1.165, 1.54) is 4.31 Å². The summed E-state index contributed by atoms with van der Waals surface area (Å²) in [6.07, 6.45) is 0.195. The van der Waals surface area contributed by atoms with E-state index in [0.717, 1.165) is 10.8 Å². The monoisotopic (exact) mass is 599 g/mol. The van der Waals surface area contributed by atoms with Crippen LogP contribution in [0, 0.1) is 0 Å². The van der Waals surface area contributed by atoms with Crippen molar-refractivity contribution >= 4 is 44.4 Å². The summed E-state index contributed by atoms with van der Waals surface area (Å²) in [5.74, 6) is 0.458. The molecule has 2 aliphatic heterocycles. The van der Waals surface area contributed by atoms with E-state index in [2.05, 4.69) is 0 Å². The Balaban J connectivity index is 1.14. The number of benzene rings is 3. The van der Waals surface area contributed by atoms with Gasteiger partial charge in [0.05, 0.1) is 11.4 Å². The van der Waals surface area contributed by atoms with Gasteiger partial charge in [-0.25, -0.2) is 13.2 Å². The maximum absolute atomic E-state index is 13.3. The number of hydrogen-bond donors (Lipinski definition) is 0. The first-order valence-electron chi connectivity index (χ1n) is 13.6. The topological polar surface area (TPSA) is 96.5 Å². The number of likely N-dealkylation sites (tertiary alicyclic amines) is 1. The Bertz CT molecular complexity index is 1550. The standard InChI is InChI=1S/C30H34ClN3O6S/c1-30(2,3)40-29(36)33-13-12-26(20-33)39-25-9-5-21(6-10-25)28(35)32-14-16-34(17-15-32)41(37,38)27-11-7-22-18-24(31)8-4-23(22)19-27/h4-11,18-19,26H,12-17,20H2,1-3H3/t26-/m0/s1. The molecule has 0 unspecified atom stereocenters. The van der Waals surface area contributed by atoms with Crippen molar-refractivity contribution in [1.82, 2.24) is 14.1 Å².